The number of aromatic nitrogens is 1. The van der Waals surface area contributed by atoms with Crippen molar-refractivity contribution < 1.29 is 26.6 Å². The van der Waals surface area contributed by atoms with Crippen LogP contribution in [0.2, 0.25) is 5.02 Å². The molecule has 5 aromatic carbocycles. The monoisotopic (exact) mass is 1100 g/mol. The number of carbonyl (C=O) groups is 1. The molecule has 0 saturated carbocycles. The fourth-order valence-electron chi connectivity index (χ4n) is 9.54. The number of thioether (sulfide) groups is 1. The summed E-state index contributed by atoms with van der Waals surface area (Å²) in [6, 6.07) is 36.8. The van der Waals surface area contributed by atoms with Crippen LogP contribution < -0.4 is 25.2 Å². The van der Waals surface area contributed by atoms with Gasteiger partial charge < -0.3 is 29.9 Å². The van der Waals surface area contributed by atoms with E-state index in [1.54, 1.807) is 23.9 Å². The zero-order valence-electron chi connectivity index (χ0n) is 42.9. The van der Waals surface area contributed by atoms with Crippen LogP contribution in [0.15, 0.2) is 131 Å². The number of carbonyl (C=O) groups excluding carboxylic acids is 1. The van der Waals surface area contributed by atoms with Crippen molar-refractivity contribution in [2.75, 3.05) is 118 Å². The largest absolute Gasteiger partial charge is 0.376 e. The Balaban J connectivity index is 0.922. The molecule has 17 nitrogen and oxygen atoms in total. The van der Waals surface area contributed by atoms with Crippen molar-refractivity contribution in [1.82, 2.24) is 24.0 Å². The maximum atomic E-state index is 14.3. The number of hydrogen-bond donors (Lipinski definition) is 3. The first-order valence-electron chi connectivity index (χ1n) is 24.9. The van der Waals surface area contributed by atoms with Gasteiger partial charge in [-0.15, -0.1) is 11.8 Å². The van der Waals surface area contributed by atoms with Gasteiger partial charge in [0, 0.05) is 129 Å². The average Bonchev–Trinajstić information content (AvgIpc) is 3.66. The van der Waals surface area contributed by atoms with E-state index < -0.39 is 25.0 Å². The molecule has 2 saturated heterocycles. The van der Waals surface area contributed by atoms with Crippen LogP contribution in [0, 0.1) is 17.0 Å². The summed E-state index contributed by atoms with van der Waals surface area (Å²) < 4.78 is 57.6. The van der Waals surface area contributed by atoms with Crippen LogP contribution in [0.3, 0.4) is 0 Å². The van der Waals surface area contributed by atoms with Crippen molar-refractivity contribution in [3.8, 4) is 22.4 Å². The lowest BCUT2D eigenvalue weighted by Crippen LogP contribution is -2.49. The molecule has 3 N–H and O–H groups in total. The third kappa shape index (κ3) is 13.8. The molecular weight excluding hydrogens is 1030 g/mol. The summed E-state index contributed by atoms with van der Waals surface area (Å²) in [4.78, 5) is 35.7. The summed E-state index contributed by atoms with van der Waals surface area (Å²) in [5.74, 6) is 0.467. The average molecular weight is 1100 g/mol. The number of nitrogens with zero attached hydrogens (tertiary/aromatic N) is 7. The number of hydrogen-bond acceptors (Lipinski definition) is 13. The van der Waals surface area contributed by atoms with Crippen molar-refractivity contribution in [1.29, 1.82) is 0 Å². The lowest BCUT2D eigenvalue weighted by molar-refractivity contribution is -0.384. The van der Waals surface area contributed by atoms with Crippen molar-refractivity contribution in [3.05, 3.63) is 148 Å². The number of nitro benzene ring substituents is 1. The quantitative estimate of drug-likeness (QED) is 0.0356. The third-order valence-electron chi connectivity index (χ3n) is 13.8. The summed E-state index contributed by atoms with van der Waals surface area (Å²) in [5.41, 5.74) is 7.10. The van der Waals surface area contributed by atoms with E-state index in [1.807, 2.05) is 107 Å². The third-order valence-corrected chi connectivity index (χ3v) is 17.9. The Morgan fingerprint density at radius 1 is 0.800 bits per heavy atom. The number of benzene rings is 5. The first kappa shape index (κ1) is 55.1. The second kappa shape index (κ2) is 24.3. The van der Waals surface area contributed by atoms with Gasteiger partial charge in [0.1, 0.15) is 5.69 Å². The molecule has 8 rings (SSSR count). The van der Waals surface area contributed by atoms with Gasteiger partial charge in [-0.1, -0.05) is 54.1 Å². The van der Waals surface area contributed by atoms with Gasteiger partial charge >= 0.3 is 0 Å². The number of anilines is 4. The minimum absolute atomic E-state index is 0.122. The SMILES string of the molecule is Cc1c(C(=O)NCCN2CCN(S(C)(=O)=O)CC2)c(-c2cccc(N3CCN(c4ccc(NS(=O)(=O)c5ccc(NC(CCN(C)C)CSc6ccccc6)c([N+](=O)[O-])c5)cc4)CC3)c2)c(-c2ccc(Cl)cc2)n1C. The molecular formula is C54H65ClN10O7S3. The highest BCUT2D eigenvalue weighted by Gasteiger charge is 2.29. The molecule has 1 unspecified atom stereocenters. The zero-order valence-corrected chi connectivity index (χ0v) is 46.1. The van der Waals surface area contributed by atoms with Gasteiger partial charge in [0.15, 0.2) is 0 Å². The summed E-state index contributed by atoms with van der Waals surface area (Å²) >= 11 is 7.99. The summed E-state index contributed by atoms with van der Waals surface area (Å²) in [6.45, 7) is 8.53. The van der Waals surface area contributed by atoms with E-state index in [4.69, 9.17) is 11.6 Å². The molecule has 0 spiro atoms. The molecule has 0 aliphatic carbocycles. The van der Waals surface area contributed by atoms with Crippen LogP contribution in [0.25, 0.3) is 22.4 Å². The predicted octanol–water partition coefficient (Wildman–Crippen LogP) is 8.19. The fraction of sp³-hybridized carbons (Fsp3) is 0.352. The molecule has 3 heterocycles. The van der Waals surface area contributed by atoms with Gasteiger partial charge in [-0.2, -0.15) is 4.31 Å². The predicted molar refractivity (Wildman–Crippen MR) is 304 cm³/mol. The minimum atomic E-state index is -4.19. The summed E-state index contributed by atoms with van der Waals surface area (Å²) in [6.07, 6.45) is 1.95. The molecule has 2 aliphatic heterocycles. The van der Waals surface area contributed by atoms with Gasteiger partial charge in [0.25, 0.3) is 21.6 Å². The van der Waals surface area contributed by atoms with E-state index >= 15 is 0 Å². The normalized spacial score (nSPS) is 15.2. The molecule has 0 radical (unpaired) electrons. The number of rotatable bonds is 21. The van der Waals surface area contributed by atoms with E-state index in [1.165, 1.54) is 22.7 Å². The van der Waals surface area contributed by atoms with Crippen LogP contribution in [-0.4, -0.2) is 150 Å². The van der Waals surface area contributed by atoms with Crippen LogP contribution >= 0.6 is 23.4 Å². The van der Waals surface area contributed by atoms with Crippen molar-refractivity contribution in [2.45, 2.75) is 29.2 Å². The Labute approximate surface area is 450 Å². The standard InChI is InChI=1S/C54H65ClN10O7S3/c1-39-51(54(66)56-25-27-61-28-34-64(35-29-61)74(5,69)70)52(53(60(39)4)40-14-16-42(55)17-15-40)41-10-9-11-46(36-41)63-32-30-62(31-33-63)45-20-18-43(19-21-45)58-75(71,72)48-22-23-49(50(37-48)65(67)68)57-44(24-26-59(2)3)38-73-47-12-7-6-8-13-47/h6-23,36-37,44,57-58H,24-35,38H2,1-5H3,(H,56,66). The minimum Gasteiger partial charge on any atom is -0.376 e. The van der Waals surface area contributed by atoms with Crippen LogP contribution in [-0.2, 0) is 27.1 Å². The number of piperazine rings is 2. The Bertz CT molecular complexity index is 3180. The number of nitro groups is 1. The number of halogens is 1. The Kier molecular flexibility index (Phi) is 17.8. The molecule has 6 aromatic rings. The van der Waals surface area contributed by atoms with Crippen molar-refractivity contribution in [3.63, 3.8) is 0 Å². The maximum absolute atomic E-state index is 14.3. The summed E-state index contributed by atoms with van der Waals surface area (Å²) in [7, 11) is -1.52. The number of amides is 1. The Morgan fingerprint density at radius 3 is 2.11 bits per heavy atom. The number of nitrogens with one attached hydrogen (secondary N) is 3. The maximum Gasteiger partial charge on any atom is 0.293 e. The van der Waals surface area contributed by atoms with E-state index in [2.05, 4.69) is 51.7 Å². The van der Waals surface area contributed by atoms with Gasteiger partial charge in [-0.3, -0.25) is 24.5 Å². The highest BCUT2D eigenvalue weighted by molar-refractivity contribution is 7.99. The second-order valence-corrected chi connectivity index (χ2v) is 24.4. The second-order valence-electron chi connectivity index (χ2n) is 19.2. The topological polar surface area (TPSA) is 186 Å². The first-order chi connectivity index (χ1) is 35.8. The Hall–Kier alpha value is -6.13. The van der Waals surface area contributed by atoms with Crippen molar-refractivity contribution in [2.24, 2.45) is 7.05 Å². The molecule has 75 heavy (non-hydrogen) atoms. The molecule has 1 aromatic heterocycles. The molecule has 1 amide bonds. The highest BCUT2D eigenvalue weighted by atomic mass is 35.5. The fourth-order valence-corrected chi connectivity index (χ4v) is 12.6. The smallest absolute Gasteiger partial charge is 0.293 e. The Morgan fingerprint density at radius 2 is 1.47 bits per heavy atom. The van der Waals surface area contributed by atoms with Crippen molar-refractivity contribution >= 4 is 77.8 Å². The lowest BCUT2D eigenvalue weighted by atomic mass is 9.95. The van der Waals surface area contributed by atoms with Gasteiger partial charge in [0.05, 0.1) is 27.3 Å². The number of sulfonamides is 2. The molecule has 2 fully saturated rings. The van der Waals surface area contributed by atoms with E-state index in [9.17, 15) is 31.7 Å². The zero-order chi connectivity index (χ0) is 53.4. The van der Waals surface area contributed by atoms with Crippen LogP contribution in [0.1, 0.15) is 22.5 Å². The van der Waals surface area contributed by atoms with Gasteiger partial charge in [0.2, 0.25) is 10.0 Å². The molecule has 21 heteroatoms. The molecule has 1 atom stereocenters. The molecule has 2 aliphatic rings. The van der Waals surface area contributed by atoms with E-state index in [-0.39, 0.29) is 28.2 Å². The first-order valence-corrected chi connectivity index (χ1v) is 29.6. The van der Waals surface area contributed by atoms with E-state index in [0.29, 0.717) is 87.5 Å². The van der Waals surface area contributed by atoms with Crippen LogP contribution in [0.5, 0.6) is 0 Å². The molecule has 0 bridgehead atoms. The van der Waals surface area contributed by atoms with E-state index in [0.717, 1.165) is 63.4 Å². The van der Waals surface area contributed by atoms with Gasteiger partial charge in [-0.25, -0.2) is 16.8 Å². The molecule has 398 valence electrons. The highest BCUT2D eigenvalue weighted by Crippen LogP contribution is 2.41. The summed E-state index contributed by atoms with van der Waals surface area (Å²) in [5, 5.41) is 19.5. The lowest BCUT2D eigenvalue weighted by Gasteiger charge is -2.37. The van der Waals surface area contributed by atoms with Crippen LogP contribution in [0.4, 0.5) is 28.4 Å². The van der Waals surface area contributed by atoms with Gasteiger partial charge in [-0.05, 0) is 118 Å².